The lowest BCUT2D eigenvalue weighted by Crippen LogP contribution is -2.45. The molecule has 0 bridgehead atoms. The van der Waals surface area contributed by atoms with E-state index in [4.69, 9.17) is 11.6 Å². The van der Waals surface area contributed by atoms with Gasteiger partial charge in [-0.25, -0.2) is 4.79 Å². The lowest BCUT2D eigenvalue weighted by atomic mass is 9.78. The molecular weight excluding hydrogens is 394 g/mol. The van der Waals surface area contributed by atoms with Crippen molar-refractivity contribution < 1.29 is 4.79 Å². The number of halogens is 1. The number of amides is 1. The van der Waals surface area contributed by atoms with E-state index in [1.165, 1.54) is 28.6 Å². The van der Waals surface area contributed by atoms with Crippen LogP contribution in [0.25, 0.3) is 0 Å². The van der Waals surface area contributed by atoms with E-state index in [0.717, 1.165) is 50.6 Å². The van der Waals surface area contributed by atoms with Crippen LogP contribution in [-0.4, -0.2) is 58.0 Å². The Morgan fingerprint density at radius 3 is 2.71 bits per heavy atom. The Bertz CT molecular complexity index is 834. The summed E-state index contributed by atoms with van der Waals surface area (Å²) >= 11 is 7.79. The van der Waals surface area contributed by atoms with Gasteiger partial charge in [-0.1, -0.05) is 41.7 Å². The zero-order chi connectivity index (χ0) is 19.6. The van der Waals surface area contributed by atoms with Crippen molar-refractivity contribution in [3.05, 3.63) is 47.1 Å². The first-order chi connectivity index (χ1) is 13.6. The molecule has 2 aliphatic heterocycles. The van der Waals surface area contributed by atoms with E-state index in [0.29, 0.717) is 11.2 Å². The molecule has 0 aliphatic carbocycles. The molecule has 28 heavy (non-hydrogen) atoms. The molecule has 2 aliphatic rings. The van der Waals surface area contributed by atoms with E-state index >= 15 is 0 Å². The van der Waals surface area contributed by atoms with Crippen molar-refractivity contribution in [3.63, 3.8) is 0 Å². The van der Waals surface area contributed by atoms with Crippen LogP contribution in [0.5, 0.6) is 0 Å². The Morgan fingerprint density at radius 1 is 1.21 bits per heavy atom. The zero-order valence-corrected chi connectivity index (χ0v) is 17.7. The molecule has 3 heterocycles. The number of rotatable bonds is 4. The lowest BCUT2D eigenvalue weighted by Gasteiger charge is -2.39. The monoisotopic (exact) mass is 419 g/mol. The maximum absolute atomic E-state index is 12.7. The number of carbonyl (C=O) groups excluding carboxylic acids is 1. The van der Waals surface area contributed by atoms with Gasteiger partial charge in [-0.05, 0) is 42.9 Å². The Morgan fingerprint density at radius 2 is 1.96 bits per heavy atom. The third-order valence-corrected chi connectivity index (χ3v) is 6.74. The highest BCUT2D eigenvalue weighted by Crippen LogP contribution is 2.41. The summed E-state index contributed by atoms with van der Waals surface area (Å²) < 4.78 is 4.49. The predicted octanol–water partition coefficient (Wildman–Crippen LogP) is 4.18. The van der Waals surface area contributed by atoms with Crippen molar-refractivity contribution in [2.24, 2.45) is 5.41 Å². The second-order valence-electron chi connectivity index (χ2n) is 7.77. The molecular formula is C20H26ClN5OS. The topological polar surface area (TPSA) is 53.4 Å². The van der Waals surface area contributed by atoms with Crippen molar-refractivity contribution >= 4 is 35.4 Å². The fourth-order valence-corrected chi connectivity index (χ4v) is 4.86. The molecule has 2 saturated heterocycles. The number of aromatic nitrogens is 2. The van der Waals surface area contributed by atoms with Crippen molar-refractivity contribution in [1.29, 1.82) is 0 Å². The summed E-state index contributed by atoms with van der Waals surface area (Å²) in [6, 6.07) is 9.88. The van der Waals surface area contributed by atoms with Crippen LogP contribution in [0.15, 0.2) is 36.5 Å². The summed E-state index contributed by atoms with van der Waals surface area (Å²) in [6.07, 6.45) is 6.96. The van der Waals surface area contributed by atoms with Gasteiger partial charge in [0.05, 0.1) is 0 Å². The van der Waals surface area contributed by atoms with Gasteiger partial charge < -0.3 is 9.62 Å². The Balaban J connectivity index is 1.32. The number of nitrogens with zero attached hydrogens (tertiary/aromatic N) is 4. The summed E-state index contributed by atoms with van der Waals surface area (Å²) in [5, 5.41) is 5.15. The minimum Gasteiger partial charge on any atom is -0.323 e. The van der Waals surface area contributed by atoms with Gasteiger partial charge in [0.15, 0.2) is 5.82 Å². The first-order valence-corrected chi connectivity index (χ1v) is 11.3. The summed E-state index contributed by atoms with van der Waals surface area (Å²) in [7, 11) is 0. The van der Waals surface area contributed by atoms with Crippen LogP contribution < -0.4 is 4.72 Å². The van der Waals surface area contributed by atoms with Gasteiger partial charge in [-0.15, -0.1) is 5.10 Å². The average molecular weight is 420 g/mol. The SMILES string of the molecule is CSNc1ccn(C(=O)N2CCC3(CCN(Cc4ccccc4Cl)C3)CC2)n1. The number of carbonyl (C=O) groups is 1. The third kappa shape index (κ3) is 4.16. The van der Waals surface area contributed by atoms with Gasteiger partial charge in [-0.3, -0.25) is 4.90 Å². The molecule has 2 aromatic rings. The smallest absolute Gasteiger partial charge is 0.323 e. The predicted molar refractivity (Wildman–Crippen MR) is 115 cm³/mol. The maximum atomic E-state index is 12.7. The van der Waals surface area contributed by atoms with Crippen LogP contribution in [0.1, 0.15) is 24.8 Å². The van der Waals surface area contributed by atoms with Gasteiger partial charge in [0.2, 0.25) is 0 Å². The van der Waals surface area contributed by atoms with Crippen molar-refractivity contribution in [1.82, 2.24) is 19.6 Å². The minimum absolute atomic E-state index is 0.0325. The molecule has 0 saturated carbocycles. The van der Waals surface area contributed by atoms with Crippen LogP contribution in [0.4, 0.5) is 10.6 Å². The maximum Gasteiger partial charge on any atom is 0.344 e. The first kappa shape index (κ1) is 19.6. The molecule has 1 aromatic heterocycles. The van der Waals surface area contributed by atoms with Crippen LogP contribution in [-0.2, 0) is 6.54 Å². The molecule has 0 atom stereocenters. The second kappa shape index (κ2) is 8.35. The normalized spacial score (nSPS) is 19.3. The third-order valence-electron chi connectivity index (χ3n) is 5.96. The van der Waals surface area contributed by atoms with Gasteiger partial charge in [0.25, 0.3) is 0 Å². The summed E-state index contributed by atoms with van der Waals surface area (Å²) in [5.74, 6) is 0.709. The molecule has 0 unspecified atom stereocenters. The molecule has 0 radical (unpaired) electrons. The highest BCUT2D eigenvalue weighted by atomic mass is 35.5. The number of anilines is 1. The van der Waals surface area contributed by atoms with E-state index in [2.05, 4.69) is 20.8 Å². The summed E-state index contributed by atoms with van der Waals surface area (Å²) in [4.78, 5) is 17.2. The highest BCUT2D eigenvalue weighted by Gasteiger charge is 2.41. The van der Waals surface area contributed by atoms with Crippen molar-refractivity contribution in [3.8, 4) is 0 Å². The largest absolute Gasteiger partial charge is 0.344 e. The van der Waals surface area contributed by atoms with Crippen molar-refractivity contribution in [2.75, 3.05) is 37.2 Å². The average Bonchev–Trinajstić information content (AvgIpc) is 3.32. The Labute approximate surface area is 175 Å². The van der Waals surface area contributed by atoms with Gasteiger partial charge >= 0.3 is 6.03 Å². The second-order valence-corrected chi connectivity index (χ2v) is 8.79. The number of hydrogen-bond donors (Lipinski definition) is 1. The number of hydrogen-bond acceptors (Lipinski definition) is 5. The Kier molecular flexibility index (Phi) is 5.85. The van der Waals surface area contributed by atoms with Crippen LogP contribution in [0.2, 0.25) is 5.02 Å². The van der Waals surface area contributed by atoms with Gasteiger partial charge in [0.1, 0.15) is 0 Å². The molecule has 2 fully saturated rings. The zero-order valence-electron chi connectivity index (χ0n) is 16.1. The molecule has 1 amide bonds. The fraction of sp³-hybridized carbons (Fsp3) is 0.500. The van der Waals surface area contributed by atoms with Gasteiger partial charge in [-0.2, -0.15) is 4.68 Å². The van der Waals surface area contributed by atoms with E-state index in [-0.39, 0.29) is 6.03 Å². The molecule has 1 spiro atoms. The quantitative estimate of drug-likeness (QED) is 0.753. The van der Waals surface area contributed by atoms with E-state index < -0.39 is 0 Å². The minimum atomic E-state index is -0.0325. The highest BCUT2D eigenvalue weighted by molar-refractivity contribution is 7.99. The fourth-order valence-electron chi connectivity index (χ4n) is 4.35. The number of piperidine rings is 1. The van der Waals surface area contributed by atoms with E-state index in [1.807, 2.05) is 35.4 Å². The standard InChI is InChI=1S/C20H26ClN5OS/c1-28-23-18-6-10-26(22-18)19(27)25-12-8-20(9-13-25)7-11-24(15-20)14-16-4-2-3-5-17(16)21/h2-6,10H,7-9,11-15H2,1H3,(H,22,23). The molecule has 6 nitrogen and oxygen atoms in total. The molecule has 4 rings (SSSR count). The Hall–Kier alpha value is -1.70. The van der Waals surface area contributed by atoms with Crippen molar-refractivity contribution in [2.45, 2.75) is 25.8 Å². The molecule has 8 heteroatoms. The molecule has 1 aromatic carbocycles. The number of likely N-dealkylation sites (tertiary alicyclic amines) is 2. The molecule has 150 valence electrons. The van der Waals surface area contributed by atoms with E-state index in [1.54, 1.807) is 6.20 Å². The summed E-state index contributed by atoms with van der Waals surface area (Å²) in [6.45, 7) is 4.68. The molecule has 1 N–H and O–H groups in total. The van der Waals surface area contributed by atoms with Crippen LogP contribution >= 0.6 is 23.5 Å². The van der Waals surface area contributed by atoms with Crippen LogP contribution in [0, 0.1) is 5.41 Å². The number of nitrogens with one attached hydrogen (secondary N) is 1. The van der Waals surface area contributed by atoms with Gasteiger partial charge in [0, 0.05) is 49.7 Å². The summed E-state index contributed by atoms with van der Waals surface area (Å²) in [5.41, 5.74) is 1.52. The first-order valence-electron chi connectivity index (χ1n) is 9.68. The van der Waals surface area contributed by atoms with Crippen LogP contribution in [0.3, 0.4) is 0 Å². The lowest BCUT2D eigenvalue weighted by molar-refractivity contribution is 0.118. The van der Waals surface area contributed by atoms with E-state index in [9.17, 15) is 4.79 Å². The number of benzene rings is 1.